The van der Waals surface area contributed by atoms with Crippen LogP contribution in [-0.4, -0.2) is 34.6 Å². The minimum absolute atomic E-state index is 0.0791. The second-order valence-electron chi connectivity index (χ2n) is 12.7. The molecule has 7 nitrogen and oxygen atoms in total. The molecular formula is C39H65ClN4O3. The van der Waals surface area contributed by atoms with E-state index in [-0.39, 0.29) is 17.3 Å². The van der Waals surface area contributed by atoms with Gasteiger partial charge < -0.3 is 10.0 Å². The molecule has 0 bridgehead atoms. The van der Waals surface area contributed by atoms with Crippen LogP contribution in [0.3, 0.4) is 0 Å². The van der Waals surface area contributed by atoms with E-state index in [1.54, 1.807) is 0 Å². The maximum Gasteiger partial charge on any atom is 0.271 e. The number of rotatable bonds is 26. The minimum atomic E-state index is -0.495. The lowest BCUT2D eigenvalue weighted by Crippen LogP contribution is -2.26. The first-order valence-electron chi connectivity index (χ1n) is 18.8. The van der Waals surface area contributed by atoms with Gasteiger partial charge in [0.15, 0.2) is 0 Å². The zero-order chi connectivity index (χ0) is 34.4. The van der Waals surface area contributed by atoms with E-state index in [1.165, 1.54) is 140 Å². The van der Waals surface area contributed by atoms with Crippen molar-refractivity contribution in [2.45, 2.75) is 156 Å². The van der Waals surface area contributed by atoms with Crippen LogP contribution in [0.2, 0.25) is 5.02 Å². The third kappa shape index (κ3) is 21.9. The summed E-state index contributed by atoms with van der Waals surface area (Å²) in [4.78, 5) is 12.6. The molecule has 8 heteroatoms. The Hall–Kier alpha value is -2.51. The van der Waals surface area contributed by atoms with E-state index in [1.807, 2.05) is 18.2 Å². The van der Waals surface area contributed by atoms with Gasteiger partial charge in [0.25, 0.3) is 5.69 Å². The van der Waals surface area contributed by atoms with E-state index in [9.17, 15) is 15.2 Å². The zero-order valence-corrected chi connectivity index (χ0v) is 30.7. The molecule has 0 aromatic heterocycles. The third-order valence-corrected chi connectivity index (χ3v) is 8.77. The van der Waals surface area contributed by atoms with E-state index in [0.29, 0.717) is 18.7 Å². The van der Waals surface area contributed by atoms with Gasteiger partial charge in [0, 0.05) is 37.3 Å². The van der Waals surface area contributed by atoms with Gasteiger partial charge in [-0.3, -0.25) is 10.1 Å². The summed E-state index contributed by atoms with van der Waals surface area (Å²) in [5, 5.41) is 29.0. The topological polar surface area (TPSA) is 91.3 Å². The molecule has 1 N–H and O–H groups in total. The van der Waals surface area contributed by atoms with Gasteiger partial charge in [-0.2, -0.15) is 5.11 Å². The van der Waals surface area contributed by atoms with Crippen LogP contribution in [0.1, 0.15) is 156 Å². The molecule has 2 rings (SSSR count). The number of non-ortho nitro benzene ring substituents is 1. The van der Waals surface area contributed by atoms with Crippen molar-refractivity contribution < 1.29 is 10.0 Å². The van der Waals surface area contributed by atoms with Gasteiger partial charge >= 0.3 is 0 Å². The van der Waals surface area contributed by atoms with Crippen molar-refractivity contribution in [3.05, 3.63) is 69.0 Å². The van der Waals surface area contributed by atoms with Crippen LogP contribution < -0.4 is 0 Å². The molecular weight excluding hydrogens is 608 g/mol. The largest absolute Gasteiger partial charge is 0.395 e. The summed E-state index contributed by atoms with van der Waals surface area (Å²) in [6.07, 6.45) is 36.1. The highest BCUT2D eigenvalue weighted by Crippen LogP contribution is 2.30. The molecule has 0 saturated carbocycles. The standard InChI is InChI=1S/C27H39ClN4O3.C12H26/c1-2-3-4-5-6-7-8-9-10-11-19-31(20-21-33)24-14-12-13-23(15-16-24)29-30-27-18-17-25(32(34)35)22-26(27)28;1-3-5-7-9-11-12-10-8-6-4-2/h12,14-18,22,33H,2-11,13,19-21H2,1H3;3-12H2,1-2H3. The molecule has 47 heavy (non-hydrogen) atoms. The van der Waals surface area contributed by atoms with Gasteiger partial charge in [-0.15, -0.1) is 5.11 Å². The average molecular weight is 673 g/mol. The van der Waals surface area contributed by atoms with Crippen molar-refractivity contribution in [3.63, 3.8) is 0 Å². The Balaban J connectivity index is 0.000000779. The number of unbranched alkanes of at least 4 members (excludes halogenated alkanes) is 18. The molecule has 1 aromatic rings. The smallest absolute Gasteiger partial charge is 0.271 e. The van der Waals surface area contributed by atoms with Crippen LogP contribution in [0.5, 0.6) is 0 Å². The Morgan fingerprint density at radius 1 is 0.745 bits per heavy atom. The number of nitrogens with zero attached hydrogens (tertiary/aromatic N) is 4. The van der Waals surface area contributed by atoms with Crippen LogP contribution in [0.25, 0.3) is 0 Å². The summed E-state index contributed by atoms with van der Waals surface area (Å²) in [5.41, 5.74) is 2.12. The molecule has 0 amide bonds. The number of hydrogen-bond donors (Lipinski definition) is 1. The first kappa shape index (κ1) is 42.5. The molecule has 0 saturated heterocycles. The Morgan fingerprint density at radius 2 is 1.26 bits per heavy atom. The van der Waals surface area contributed by atoms with Gasteiger partial charge in [0.2, 0.25) is 0 Å². The fourth-order valence-corrected chi connectivity index (χ4v) is 5.75. The van der Waals surface area contributed by atoms with Crippen molar-refractivity contribution in [2.75, 3.05) is 19.7 Å². The van der Waals surface area contributed by atoms with E-state index in [0.717, 1.165) is 24.4 Å². The van der Waals surface area contributed by atoms with Crippen molar-refractivity contribution in [1.29, 1.82) is 0 Å². The van der Waals surface area contributed by atoms with Crippen molar-refractivity contribution in [3.8, 4) is 0 Å². The Labute approximate surface area is 291 Å². The van der Waals surface area contributed by atoms with Gasteiger partial charge in [-0.05, 0) is 30.7 Å². The number of azo groups is 1. The van der Waals surface area contributed by atoms with Gasteiger partial charge in [-0.1, -0.05) is 160 Å². The van der Waals surface area contributed by atoms with E-state index < -0.39 is 4.92 Å². The molecule has 0 unspecified atom stereocenters. The summed E-state index contributed by atoms with van der Waals surface area (Å²) < 4.78 is 0. The Morgan fingerprint density at radius 3 is 1.72 bits per heavy atom. The highest BCUT2D eigenvalue weighted by molar-refractivity contribution is 6.33. The normalized spacial score (nSPS) is 12.8. The number of aliphatic hydroxyl groups is 1. The van der Waals surface area contributed by atoms with Gasteiger partial charge in [-0.25, -0.2) is 0 Å². The zero-order valence-electron chi connectivity index (χ0n) is 29.9. The highest BCUT2D eigenvalue weighted by Gasteiger charge is 2.10. The van der Waals surface area contributed by atoms with Gasteiger partial charge in [0.1, 0.15) is 5.69 Å². The Bertz CT molecular complexity index is 1060. The fourth-order valence-electron chi connectivity index (χ4n) is 5.54. The van der Waals surface area contributed by atoms with Crippen molar-refractivity contribution >= 4 is 23.0 Å². The molecule has 0 aliphatic heterocycles. The monoisotopic (exact) mass is 672 g/mol. The third-order valence-electron chi connectivity index (χ3n) is 8.46. The molecule has 1 aliphatic rings. The van der Waals surface area contributed by atoms with E-state index in [4.69, 9.17) is 11.6 Å². The molecule has 0 heterocycles. The number of nitro benzene ring substituents is 1. The SMILES string of the molecule is CCCCCCCCCCCC.CCCCCCCCCCCCN(CCO)C1=CC=C(N=Nc2ccc([N+](=O)[O-])cc2Cl)CC=C1. The minimum Gasteiger partial charge on any atom is -0.395 e. The number of hydrogen-bond acceptors (Lipinski definition) is 6. The molecule has 0 atom stereocenters. The molecule has 266 valence electrons. The molecule has 0 radical (unpaired) electrons. The highest BCUT2D eigenvalue weighted by atomic mass is 35.5. The number of nitro groups is 1. The predicted octanol–water partition coefficient (Wildman–Crippen LogP) is 13.2. The maximum absolute atomic E-state index is 10.9. The second-order valence-corrected chi connectivity index (χ2v) is 13.1. The summed E-state index contributed by atoms with van der Waals surface area (Å²) >= 11 is 6.10. The first-order chi connectivity index (χ1) is 23.0. The summed E-state index contributed by atoms with van der Waals surface area (Å²) in [6.45, 7) is 8.43. The van der Waals surface area contributed by atoms with Crippen LogP contribution >= 0.6 is 11.6 Å². The van der Waals surface area contributed by atoms with Crippen LogP contribution in [0.15, 0.2) is 64.1 Å². The van der Waals surface area contributed by atoms with Crippen LogP contribution in [0.4, 0.5) is 11.4 Å². The lowest BCUT2D eigenvalue weighted by Gasteiger charge is -2.24. The van der Waals surface area contributed by atoms with Crippen LogP contribution in [-0.2, 0) is 0 Å². The lowest BCUT2D eigenvalue weighted by molar-refractivity contribution is -0.384. The predicted molar refractivity (Wildman–Crippen MR) is 201 cm³/mol. The van der Waals surface area contributed by atoms with E-state index in [2.05, 4.69) is 42.0 Å². The molecule has 0 spiro atoms. The number of benzene rings is 1. The quantitative estimate of drug-likeness (QED) is 0.0459. The number of allylic oxidation sites excluding steroid dienone is 4. The fraction of sp³-hybridized carbons (Fsp3) is 0.692. The first-order valence-corrected chi connectivity index (χ1v) is 19.1. The molecule has 1 aromatic carbocycles. The van der Waals surface area contributed by atoms with Gasteiger partial charge in [0.05, 0.1) is 22.2 Å². The molecule has 1 aliphatic carbocycles. The summed E-state index contributed by atoms with van der Waals surface area (Å²) in [5.74, 6) is 0. The average Bonchev–Trinajstić information content (AvgIpc) is 3.32. The lowest BCUT2D eigenvalue weighted by atomic mass is 10.1. The second kappa shape index (κ2) is 29.6. The van der Waals surface area contributed by atoms with E-state index >= 15 is 0 Å². The van der Waals surface area contributed by atoms with Crippen molar-refractivity contribution in [2.24, 2.45) is 10.2 Å². The number of halogens is 1. The Kier molecular flexibility index (Phi) is 26.8. The maximum atomic E-state index is 10.9. The summed E-state index contributed by atoms with van der Waals surface area (Å²) in [7, 11) is 0. The van der Waals surface area contributed by atoms with Crippen LogP contribution in [0, 0.1) is 10.1 Å². The van der Waals surface area contributed by atoms with Crippen molar-refractivity contribution in [1.82, 2.24) is 4.90 Å². The number of aliphatic hydroxyl groups excluding tert-OH is 1. The summed E-state index contributed by atoms with van der Waals surface area (Å²) in [6, 6.07) is 4.13. The molecule has 0 fully saturated rings.